The number of hydrogen-bond acceptors (Lipinski definition) is 4. The lowest BCUT2D eigenvalue weighted by atomic mass is 9.97. The van der Waals surface area contributed by atoms with Gasteiger partial charge in [-0.2, -0.15) is 0 Å². The second kappa shape index (κ2) is 8.21. The number of amides is 2. The summed E-state index contributed by atoms with van der Waals surface area (Å²) in [7, 11) is 0. The van der Waals surface area contributed by atoms with Crippen LogP contribution in [0.2, 0.25) is 0 Å². The second-order valence-electron chi connectivity index (χ2n) is 7.54. The number of anilines is 1. The Kier molecular flexibility index (Phi) is 5.49. The Morgan fingerprint density at radius 2 is 2.10 bits per heavy atom. The van der Waals surface area contributed by atoms with Gasteiger partial charge in [-0.1, -0.05) is 23.8 Å². The number of hydrogen-bond donors (Lipinski definition) is 1. The van der Waals surface area contributed by atoms with Gasteiger partial charge in [0.25, 0.3) is 0 Å². The highest BCUT2D eigenvalue weighted by Gasteiger charge is 2.45. The molecule has 0 radical (unpaired) electrons. The van der Waals surface area contributed by atoms with Crippen LogP contribution in [0.4, 0.5) is 5.69 Å². The number of aromatic nitrogens is 2. The largest absolute Gasteiger partial charge is 0.352 e. The lowest BCUT2D eigenvalue weighted by Gasteiger charge is -2.28. The Hall–Kier alpha value is -2.93. The van der Waals surface area contributed by atoms with Gasteiger partial charge in [-0.15, -0.1) is 11.3 Å². The number of rotatable bonds is 6. The molecule has 1 aromatic carbocycles. The van der Waals surface area contributed by atoms with Gasteiger partial charge in [0, 0.05) is 42.0 Å². The summed E-state index contributed by atoms with van der Waals surface area (Å²) >= 11 is 1.58. The van der Waals surface area contributed by atoms with Crippen LogP contribution in [0.25, 0.3) is 0 Å². The van der Waals surface area contributed by atoms with Crippen molar-refractivity contribution in [2.24, 2.45) is 5.92 Å². The van der Waals surface area contributed by atoms with Crippen molar-refractivity contribution >= 4 is 28.8 Å². The van der Waals surface area contributed by atoms with Crippen molar-refractivity contribution < 1.29 is 9.59 Å². The van der Waals surface area contributed by atoms with Gasteiger partial charge in [-0.3, -0.25) is 9.59 Å². The van der Waals surface area contributed by atoms with Gasteiger partial charge in [0.2, 0.25) is 11.8 Å². The fourth-order valence-corrected chi connectivity index (χ4v) is 4.75. The Labute approximate surface area is 174 Å². The third-order valence-corrected chi connectivity index (χ3v) is 6.18. The maximum Gasteiger partial charge on any atom is 0.228 e. The summed E-state index contributed by atoms with van der Waals surface area (Å²) < 4.78 is 1.93. The molecule has 7 heteroatoms. The summed E-state index contributed by atoms with van der Waals surface area (Å²) in [5.74, 6) is -0.527. The van der Waals surface area contributed by atoms with Crippen LogP contribution in [0.5, 0.6) is 0 Å². The molecular formula is C22H24N4O2S. The van der Waals surface area contributed by atoms with E-state index in [0.717, 1.165) is 16.1 Å². The van der Waals surface area contributed by atoms with Gasteiger partial charge >= 0.3 is 0 Å². The molecule has 1 saturated heterocycles. The van der Waals surface area contributed by atoms with Crippen molar-refractivity contribution in [1.29, 1.82) is 0 Å². The zero-order chi connectivity index (χ0) is 20.4. The van der Waals surface area contributed by atoms with E-state index in [9.17, 15) is 9.59 Å². The molecule has 2 amide bonds. The van der Waals surface area contributed by atoms with Gasteiger partial charge < -0.3 is 14.8 Å². The summed E-state index contributed by atoms with van der Waals surface area (Å²) in [6.45, 7) is 4.62. The number of aryl methyl sites for hydroxylation is 1. The van der Waals surface area contributed by atoms with E-state index in [1.165, 1.54) is 0 Å². The molecule has 1 fully saturated rings. The second-order valence-corrected chi connectivity index (χ2v) is 8.52. The van der Waals surface area contributed by atoms with Crippen LogP contribution in [0, 0.1) is 12.8 Å². The third kappa shape index (κ3) is 4.10. The number of benzene rings is 1. The highest BCUT2D eigenvalue weighted by molar-refractivity contribution is 7.10. The number of carbonyl (C=O) groups excluding carboxylic acids is 2. The average Bonchev–Trinajstić information content (AvgIpc) is 3.43. The molecule has 1 N–H and O–H groups in total. The number of thiophene rings is 1. The summed E-state index contributed by atoms with van der Waals surface area (Å²) in [5.41, 5.74) is 1.97. The average molecular weight is 409 g/mol. The molecule has 3 aromatic rings. The molecule has 0 aliphatic carbocycles. The first kappa shape index (κ1) is 19.4. The highest BCUT2D eigenvalue weighted by atomic mass is 32.1. The third-order valence-electron chi connectivity index (χ3n) is 5.24. The van der Waals surface area contributed by atoms with Crippen LogP contribution >= 0.6 is 11.3 Å². The topological polar surface area (TPSA) is 67.2 Å². The first-order valence-electron chi connectivity index (χ1n) is 9.71. The van der Waals surface area contributed by atoms with Crippen molar-refractivity contribution in [2.45, 2.75) is 38.9 Å². The van der Waals surface area contributed by atoms with Crippen molar-refractivity contribution in [2.75, 3.05) is 4.90 Å². The van der Waals surface area contributed by atoms with E-state index in [-0.39, 0.29) is 30.3 Å². The minimum Gasteiger partial charge on any atom is -0.352 e. The molecule has 0 saturated carbocycles. The van der Waals surface area contributed by atoms with E-state index in [2.05, 4.69) is 10.3 Å². The van der Waals surface area contributed by atoms with Crippen molar-refractivity contribution in [1.82, 2.24) is 14.9 Å². The summed E-state index contributed by atoms with van der Waals surface area (Å²) in [4.78, 5) is 33.0. The van der Waals surface area contributed by atoms with Gasteiger partial charge in [0.1, 0.15) is 0 Å². The molecule has 4 rings (SSSR count). The van der Waals surface area contributed by atoms with Crippen molar-refractivity contribution in [3.05, 3.63) is 70.9 Å². The monoisotopic (exact) mass is 408 g/mol. The fourth-order valence-electron chi connectivity index (χ4n) is 3.87. The predicted octanol–water partition coefficient (Wildman–Crippen LogP) is 3.55. The number of carbonyl (C=O) groups is 2. The van der Waals surface area contributed by atoms with E-state index in [0.29, 0.717) is 6.54 Å². The molecule has 29 heavy (non-hydrogen) atoms. The van der Waals surface area contributed by atoms with E-state index >= 15 is 0 Å². The van der Waals surface area contributed by atoms with Crippen molar-refractivity contribution in [3.8, 4) is 0 Å². The lowest BCUT2D eigenvalue weighted by Crippen LogP contribution is -2.41. The molecular weight excluding hydrogens is 384 g/mol. The number of nitrogens with one attached hydrogen (secondary N) is 1. The Bertz CT molecular complexity index is 967. The number of imidazole rings is 1. The minimum absolute atomic E-state index is 0.0188. The smallest absolute Gasteiger partial charge is 0.228 e. The van der Waals surface area contributed by atoms with Gasteiger partial charge in [0.15, 0.2) is 0 Å². The van der Waals surface area contributed by atoms with Crippen LogP contribution < -0.4 is 10.2 Å². The predicted molar refractivity (Wildman–Crippen MR) is 114 cm³/mol. The van der Waals surface area contributed by atoms with E-state index in [1.54, 1.807) is 28.8 Å². The number of nitrogens with zero attached hydrogens (tertiary/aromatic N) is 3. The lowest BCUT2D eigenvalue weighted by molar-refractivity contribution is -0.127. The standard InChI is InChI=1S/C22H24N4O2S/c1-15-5-7-17(8-6-15)26-20(27)12-18(21(26)19-4-3-11-29-19)22(28)24-16(2)13-25-10-9-23-14-25/h3-11,14,16,18,21H,12-13H2,1-2H3,(H,24,28)/t16-,18-,21+/m0/s1. The summed E-state index contributed by atoms with van der Waals surface area (Å²) in [5, 5.41) is 5.08. The van der Waals surface area contributed by atoms with Crippen LogP contribution in [-0.4, -0.2) is 27.4 Å². The molecule has 1 aliphatic heterocycles. The molecule has 6 nitrogen and oxygen atoms in total. The van der Waals surface area contributed by atoms with Crippen LogP contribution in [0.3, 0.4) is 0 Å². The molecule has 0 bridgehead atoms. The van der Waals surface area contributed by atoms with E-state index in [4.69, 9.17) is 0 Å². The fraction of sp³-hybridized carbons (Fsp3) is 0.318. The Balaban J connectivity index is 1.57. The van der Waals surface area contributed by atoms with E-state index < -0.39 is 5.92 Å². The zero-order valence-corrected chi connectivity index (χ0v) is 17.3. The maximum absolute atomic E-state index is 13.2. The molecule has 3 heterocycles. The van der Waals surface area contributed by atoms with Gasteiger partial charge in [0.05, 0.1) is 18.3 Å². The molecule has 3 atom stereocenters. The van der Waals surface area contributed by atoms with Gasteiger partial charge in [-0.25, -0.2) is 4.98 Å². The normalized spacial score (nSPS) is 20.1. The summed E-state index contributed by atoms with van der Waals surface area (Å²) in [6.07, 6.45) is 5.53. The Morgan fingerprint density at radius 1 is 1.31 bits per heavy atom. The molecule has 1 aliphatic rings. The van der Waals surface area contributed by atoms with Crippen LogP contribution in [0.15, 0.2) is 60.5 Å². The molecule has 2 aromatic heterocycles. The SMILES string of the molecule is Cc1ccc(N2C(=O)C[C@H](C(=O)N[C@@H](C)Cn3ccnc3)[C@@H]2c2cccs2)cc1. The Morgan fingerprint density at radius 3 is 2.76 bits per heavy atom. The first-order valence-corrected chi connectivity index (χ1v) is 10.6. The molecule has 150 valence electrons. The van der Waals surface area contributed by atoms with Gasteiger partial charge in [-0.05, 0) is 37.4 Å². The van der Waals surface area contributed by atoms with Crippen LogP contribution in [0.1, 0.15) is 29.8 Å². The minimum atomic E-state index is -0.423. The van der Waals surface area contributed by atoms with Crippen molar-refractivity contribution in [3.63, 3.8) is 0 Å². The highest BCUT2D eigenvalue weighted by Crippen LogP contribution is 2.43. The quantitative estimate of drug-likeness (QED) is 0.678. The first-order chi connectivity index (χ1) is 14.0. The maximum atomic E-state index is 13.2. The summed E-state index contributed by atoms with van der Waals surface area (Å²) in [6, 6.07) is 11.5. The zero-order valence-electron chi connectivity index (χ0n) is 16.5. The molecule has 0 spiro atoms. The van der Waals surface area contributed by atoms with Crippen LogP contribution in [-0.2, 0) is 16.1 Å². The molecule has 0 unspecified atom stereocenters. The van der Waals surface area contributed by atoms with E-state index in [1.807, 2.05) is 66.4 Å².